The Balaban J connectivity index is 1.51. The molecule has 1 saturated heterocycles. The molecule has 3 aliphatic rings. The van der Waals surface area contributed by atoms with Gasteiger partial charge >= 0.3 is 6.03 Å². The maximum absolute atomic E-state index is 13.3. The lowest BCUT2D eigenvalue weighted by Crippen LogP contribution is -2.54. The van der Waals surface area contributed by atoms with Gasteiger partial charge in [-0.05, 0) is 49.8 Å². The number of carbonyl (C=O) groups excluding carboxylic acids is 3. The highest BCUT2D eigenvalue weighted by atomic mass is 16.5. The molecule has 4 rings (SSSR count). The van der Waals surface area contributed by atoms with Crippen molar-refractivity contribution in [1.29, 1.82) is 0 Å². The van der Waals surface area contributed by atoms with Crippen LogP contribution in [0.15, 0.2) is 18.2 Å². The largest absolute Gasteiger partial charge is 0.497 e. The summed E-state index contributed by atoms with van der Waals surface area (Å²) in [6.07, 6.45) is 5.33. The van der Waals surface area contributed by atoms with E-state index in [4.69, 9.17) is 9.47 Å². The summed E-state index contributed by atoms with van der Waals surface area (Å²) in [7, 11) is 3.18. The molecule has 168 valence electrons. The average molecular weight is 430 g/mol. The molecule has 0 aromatic heterocycles. The van der Waals surface area contributed by atoms with E-state index in [1.54, 1.807) is 19.1 Å². The Morgan fingerprint density at radius 2 is 1.97 bits per heavy atom. The topological polar surface area (TPSA) is 88.2 Å². The maximum Gasteiger partial charge on any atom is 0.325 e. The fourth-order valence-corrected chi connectivity index (χ4v) is 4.86. The molecule has 2 saturated carbocycles. The predicted octanol–water partition coefficient (Wildman–Crippen LogP) is 2.70. The Hall–Kier alpha value is -2.77. The van der Waals surface area contributed by atoms with Crippen LogP contribution in [0, 0.1) is 5.92 Å². The Morgan fingerprint density at radius 1 is 1.19 bits per heavy atom. The van der Waals surface area contributed by atoms with Crippen LogP contribution < -0.4 is 14.8 Å². The van der Waals surface area contributed by atoms with E-state index in [9.17, 15) is 14.4 Å². The van der Waals surface area contributed by atoms with Gasteiger partial charge in [-0.25, -0.2) is 4.79 Å². The zero-order valence-electron chi connectivity index (χ0n) is 18.5. The number of methoxy groups -OCH3 is 2. The number of urea groups is 1. The van der Waals surface area contributed by atoms with Crippen molar-refractivity contribution < 1.29 is 23.9 Å². The van der Waals surface area contributed by atoms with Crippen LogP contribution in [0.25, 0.3) is 0 Å². The zero-order chi connectivity index (χ0) is 22.2. The van der Waals surface area contributed by atoms with Crippen molar-refractivity contribution in [2.24, 2.45) is 5.92 Å². The van der Waals surface area contributed by atoms with Crippen molar-refractivity contribution in [2.45, 2.75) is 63.6 Å². The summed E-state index contributed by atoms with van der Waals surface area (Å²) in [6, 6.07) is 5.14. The summed E-state index contributed by atoms with van der Waals surface area (Å²) in [5.74, 6) is 0.938. The second kappa shape index (κ2) is 8.40. The van der Waals surface area contributed by atoms with E-state index < -0.39 is 11.6 Å². The molecule has 8 nitrogen and oxygen atoms in total. The second-order valence-electron chi connectivity index (χ2n) is 8.87. The fraction of sp³-hybridized carbons (Fsp3) is 0.609. The SMILES string of the molecule is COc1ccc(OC)c(CN(C(=O)CN2C(=O)NC3(CCCCC3C)C2=O)C2CC2)c1. The molecule has 2 unspecified atom stereocenters. The Bertz CT molecular complexity index is 884. The van der Waals surface area contributed by atoms with Crippen molar-refractivity contribution in [1.82, 2.24) is 15.1 Å². The number of hydrogen-bond acceptors (Lipinski definition) is 5. The monoisotopic (exact) mass is 429 g/mol. The number of carbonyl (C=O) groups is 3. The summed E-state index contributed by atoms with van der Waals surface area (Å²) < 4.78 is 10.8. The number of ether oxygens (including phenoxy) is 2. The third kappa shape index (κ3) is 3.95. The molecule has 0 bridgehead atoms. The Kier molecular flexibility index (Phi) is 5.81. The molecular formula is C23H31N3O5. The van der Waals surface area contributed by atoms with Gasteiger partial charge in [0, 0.05) is 18.2 Å². The normalized spacial score (nSPS) is 25.5. The lowest BCUT2D eigenvalue weighted by molar-refractivity contribution is -0.141. The molecule has 0 radical (unpaired) electrons. The molecule has 8 heteroatoms. The first-order valence-corrected chi connectivity index (χ1v) is 11.0. The fourth-order valence-electron chi connectivity index (χ4n) is 4.86. The third-order valence-corrected chi connectivity index (χ3v) is 6.93. The number of amides is 4. The summed E-state index contributed by atoms with van der Waals surface area (Å²) in [6.45, 7) is 2.12. The first-order chi connectivity index (χ1) is 14.9. The van der Waals surface area contributed by atoms with Gasteiger partial charge in [0.05, 0.1) is 14.2 Å². The highest BCUT2D eigenvalue weighted by molar-refractivity contribution is 6.09. The van der Waals surface area contributed by atoms with E-state index in [0.717, 1.165) is 42.6 Å². The molecule has 1 N–H and O–H groups in total. The van der Waals surface area contributed by atoms with Crippen molar-refractivity contribution in [3.8, 4) is 11.5 Å². The van der Waals surface area contributed by atoms with Gasteiger partial charge in [0.2, 0.25) is 5.91 Å². The highest BCUT2D eigenvalue weighted by Crippen LogP contribution is 2.38. The van der Waals surface area contributed by atoms with Gasteiger partial charge in [0.1, 0.15) is 23.6 Å². The molecule has 2 atom stereocenters. The Labute approximate surface area is 182 Å². The van der Waals surface area contributed by atoms with Crippen LogP contribution in [0.2, 0.25) is 0 Å². The minimum atomic E-state index is -0.851. The lowest BCUT2D eigenvalue weighted by atomic mass is 9.73. The van der Waals surface area contributed by atoms with Gasteiger partial charge in [-0.2, -0.15) is 0 Å². The van der Waals surface area contributed by atoms with E-state index >= 15 is 0 Å². The molecule has 4 amide bonds. The van der Waals surface area contributed by atoms with Gasteiger partial charge in [-0.3, -0.25) is 14.5 Å². The molecular weight excluding hydrogens is 398 g/mol. The van der Waals surface area contributed by atoms with Crippen LogP contribution in [0.3, 0.4) is 0 Å². The quantitative estimate of drug-likeness (QED) is 0.674. The number of benzene rings is 1. The van der Waals surface area contributed by atoms with Gasteiger partial charge in [0.25, 0.3) is 5.91 Å². The number of hydrogen-bond donors (Lipinski definition) is 1. The van der Waals surface area contributed by atoms with Crippen LogP contribution in [0.5, 0.6) is 11.5 Å². The van der Waals surface area contributed by atoms with Crippen LogP contribution in [0.1, 0.15) is 51.0 Å². The first kappa shape index (κ1) is 21.5. The number of imide groups is 1. The van der Waals surface area contributed by atoms with E-state index in [2.05, 4.69) is 5.32 Å². The van der Waals surface area contributed by atoms with Crippen LogP contribution >= 0.6 is 0 Å². The molecule has 3 fully saturated rings. The van der Waals surface area contributed by atoms with Gasteiger partial charge in [0.15, 0.2) is 0 Å². The van der Waals surface area contributed by atoms with E-state index in [-0.39, 0.29) is 30.3 Å². The van der Waals surface area contributed by atoms with Crippen LogP contribution in [-0.2, 0) is 16.1 Å². The van der Waals surface area contributed by atoms with Gasteiger partial charge in [-0.1, -0.05) is 19.8 Å². The second-order valence-corrected chi connectivity index (χ2v) is 8.87. The van der Waals surface area contributed by atoms with Crippen LogP contribution in [0.4, 0.5) is 4.79 Å². The summed E-state index contributed by atoms with van der Waals surface area (Å²) in [5.41, 5.74) is -0.0209. The minimum Gasteiger partial charge on any atom is -0.497 e. The van der Waals surface area contributed by atoms with Crippen molar-refractivity contribution in [2.75, 3.05) is 20.8 Å². The number of nitrogens with zero attached hydrogens (tertiary/aromatic N) is 2. The van der Waals surface area contributed by atoms with Crippen molar-refractivity contribution >= 4 is 17.8 Å². The smallest absolute Gasteiger partial charge is 0.325 e. The molecule has 1 spiro atoms. The molecule has 1 aromatic carbocycles. The van der Waals surface area contributed by atoms with E-state index in [1.165, 1.54) is 0 Å². The van der Waals surface area contributed by atoms with Crippen molar-refractivity contribution in [3.63, 3.8) is 0 Å². The summed E-state index contributed by atoms with van der Waals surface area (Å²) in [4.78, 5) is 42.0. The number of rotatable bonds is 7. The summed E-state index contributed by atoms with van der Waals surface area (Å²) in [5, 5.41) is 2.92. The van der Waals surface area contributed by atoms with Crippen LogP contribution in [-0.4, -0.2) is 60.0 Å². The van der Waals surface area contributed by atoms with E-state index in [1.807, 2.05) is 25.1 Å². The van der Waals surface area contributed by atoms with Crippen molar-refractivity contribution in [3.05, 3.63) is 23.8 Å². The average Bonchev–Trinajstić information content (AvgIpc) is 3.58. The molecule has 2 aliphatic carbocycles. The highest BCUT2D eigenvalue weighted by Gasteiger charge is 2.55. The Morgan fingerprint density at radius 3 is 2.61 bits per heavy atom. The standard InChI is InChI=1S/C23H31N3O5/c1-15-6-4-5-11-23(15)21(28)26(22(29)24-23)14-20(27)25(17-7-8-17)13-16-12-18(30-2)9-10-19(16)31-3/h9-10,12,15,17H,4-8,11,13-14H2,1-3H3,(H,24,29). The number of nitrogens with one attached hydrogen (secondary N) is 1. The zero-order valence-corrected chi connectivity index (χ0v) is 18.5. The third-order valence-electron chi connectivity index (χ3n) is 6.93. The lowest BCUT2D eigenvalue weighted by Gasteiger charge is -2.36. The summed E-state index contributed by atoms with van der Waals surface area (Å²) >= 11 is 0. The molecule has 1 heterocycles. The minimum absolute atomic E-state index is 0.0679. The van der Waals surface area contributed by atoms with Gasteiger partial charge in [-0.15, -0.1) is 0 Å². The molecule has 1 aliphatic heterocycles. The first-order valence-electron chi connectivity index (χ1n) is 11.0. The maximum atomic E-state index is 13.3. The van der Waals surface area contributed by atoms with E-state index in [0.29, 0.717) is 24.5 Å². The molecule has 31 heavy (non-hydrogen) atoms. The molecule has 1 aromatic rings. The predicted molar refractivity (Wildman–Crippen MR) is 114 cm³/mol. The van der Waals surface area contributed by atoms with Gasteiger partial charge < -0.3 is 19.7 Å².